The lowest BCUT2D eigenvalue weighted by Gasteiger charge is -2.30. The molecule has 1 aliphatic heterocycles. The molecule has 1 heterocycles. The van der Waals surface area contributed by atoms with Crippen LogP contribution >= 0.6 is 0 Å². The number of nitrogens with zero attached hydrogens (tertiary/aromatic N) is 1. The molecule has 1 atom stereocenters. The van der Waals surface area contributed by atoms with Crippen molar-refractivity contribution in [2.45, 2.75) is 18.9 Å². The molecule has 1 aromatic rings. The van der Waals surface area contributed by atoms with E-state index in [1.807, 2.05) is 0 Å². The van der Waals surface area contributed by atoms with Crippen LogP contribution in [0, 0.1) is 5.82 Å². The average Bonchev–Trinajstić information content (AvgIpc) is 2.41. The first kappa shape index (κ1) is 14.3. The summed E-state index contributed by atoms with van der Waals surface area (Å²) in [6, 6.07) is 2.63. The van der Waals surface area contributed by atoms with Crippen molar-refractivity contribution in [3.8, 4) is 0 Å². The van der Waals surface area contributed by atoms with Crippen LogP contribution in [0.25, 0.3) is 0 Å². The zero-order valence-electron chi connectivity index (χ0n) is 10.7. The molecule has 1 unspecified atom stereocenters. The summed E-state index contributed by atoms with van der Waals surface area (Å²) >= 11 is 0. The molecule has 0 aromatic heterocycles. The highest BCUT2D eigenvalue weighted by molar-refractivity contribution is 5.93. The van der Waals surface area contributed by atoms with Gasteiger partial charge in [0.1, 0.15) is 5.82 Å². The Morgan fingerprint density at radius 3 is 2.80 bits per heavy atom. The number of rotatable bonds is 2. The number of aliphatic hydroxyl groups excluding tert-OH is 1. The number of hydrogen-bond donors (Lipinski definition) is 3. The highest BCUT2D eigenvalue weighted by Gasteiger charge is 2.22. The molecule has 0 aliphatic carbocycles. The molecule has 108 valence electrons. The second kappa shape index (κ2) is 5.87. The van der Waals surface area contributed by atoms with Crippen LogP contribution in [-0.4, -0.2) is 46.3 Å². The Bertz CT molecular complexity index is 535. The molecule has 0 saturated carbocycles. The number of carboxylic acids is 1. The van der Waals surface area contributed by atoms with Crippen LogP contribution in [0.5, 0.6) is 0 Å². The number of amides is 2. The van der Waals surface area contributed by atoms with Crippen LogP contribution in [-0.2, 0) is 0 Å². The number of urea groups is 1. The first-order chi connectivity index (χ1) is 9.47. The number of halogens is 1. The van der Waals surface area contributed by atoms with Crippen LogP contribution in [0.15, 0.2) is 18.2 Å². The van der Waals surface area contributed by atoms with Crippen LogP contribution in [0.1, 0.15) is 23.2 Å². The zero-order valence-corrected chi connectivity index (χ0v) is 10.7. The van der Waals surface area contributed by atoms with E-state index in [0.29, 0.717) is 19.4 Å². The summed E-state index contributed by atoms with van der Waals surface area (Å²) in [5, 5.41) is 20.7. The first-order valence-electron chi connectivity index (χ1n) is 6.24. The topological polar surface area (TPSA) is 89.9 Å². The van der Waals surface area contributed by atoms with Gasteiger partial charge in [-0.25, -0.2) is 14.0 Å². The SMILES string of the molecule is O=C(O)c1ccc(F)c(NC(=O)N2CCCC(O)C2)c1. The van der Waals surface area contributed by atoms with Gasteiger partial charge in [-0.15, -0.1) is 0 Å². The van der Waals surface area contributed by atoms with E-state index >= 15 is 0 Å². The number of aromatic carboxylic acids is 1. The van der Waals surface area contributed by atoms with Gasteiger partial charge in [0, 0.05) is 13.1 Å². The molecule has 1 aliphatic rings. The van der Waals surface area contributed by atoms with Gasteiger partial charge < -0.3 is 20.4 Å². The van der Waals surface area contributed by atoms with Crippen molar-refractivity contribution in [1.29, 1.82) is 0 Å². The number of likely N-dealkylation sites (tertiary alicyclic amines) is 1. The quantitative estimate of drug-likeness (QED) is 0.767. The summed E-state index contributed by atoms with van der Waals surface area (Å²) in [6.07, 6.45) is 0.725. The van der Waals surface area contributed by atoms with Gasteiger partial charge in [0.25, 0.3) is 0 Å². The lowest BCUT2D eigenvalue weighted by atomic mass is 10.1. The van der Waals surface area contributed by atoms with Gasteiger partial charge in [0.15, 0.2) is 0 Å². The number of nitrogens with one attached hydrogen (secondary N) is 1. The molecule has 3 N–H and O–H groups in total. The van der Waals surface area contributed by atoms with E-state index in [0.717, 1.165) is 18.2 Å². The van der Waals surface area contributed by atoms with E-state index in [-0.39, 0.29) is 17.8 Å². The number of piperidine rings is 1. The van der Waals surface area contributed by atoms with Gasteiger partial charge in [0.05, 0.1) is 17.4 Å². The fourth-order valence-corrected chi connectivity index (χ4v) is 2.09. The Labute approximate surface area is 114 Å². The van der Waals surface area contributed by atoms with E-state index in [9.17, 15) is 19.1 Å². The molecule has 20 heavy (non-hydrogen) atoms. The van der Waals surface area contributed by atoms with E-state index in [4.69, 9.17) is 5.11 Å². The molecule has 0 spiro atoms. The van der Waals surface area contributed by atoms with Crippen LogP contribution in [0.3, 0.4) is 0 Å². The van der Waals surface area contributed by atoms with E-state index < -0.39 is 23.9 Å². The smallest absolute Gasteiger partial charge is 0.335 e. The second-order valence-corrected chi connectivity index (χ2v) is 4.67. The fraction of sp³-hybridized carbons (Fsp3) is 0.385. The van der Waals surface area contributed by atoms with Gasteiger partial charge in [-0.2, -0.15) is 0 Å². The molecular weight excluding hydrogens is 267 g/mol. The lowest BCUT2D eigenvalue weighted by Crippen LogP contribution is -2.44. The van der Waals surface area contributed by atoms with Gasteiger partial charge in [-0.05, 0) is 31.0 Å². The summed E-state index contributed by atoms with van der Waals surface area (Å²) in [6.45, 7) is 0.662. The van der Waals surface area contributed by atoms with E-state index in [1.54, 1.807) is 0 Å². The predicted octanol–water partition coefficient (Wildman–Crippen LogP) is 1.51. The van der Waals surface area contributed by atoms with Crippen molar-refractivity contribution < 1.29 is 24.2 Å². The van der Waals surface area contributed by atoms with Crippen LogP contribution < -0.4 is 5.32 Å². The van der Waals surface area contributed by atoms with Gasteiger partial charge >= 0.3 is 12.0 Å². The minimum absolute atomic E-state index is 0.111. The number of aliphatic hydroxyl groups is 1. The molecule has 1 saturated heterocycles. The first-order valence-corrected chi connectivity index (χ1v) is 6.24. The molecule has 6 nitrogen and oxygen atoms in total. The Hall–Kier alpha value is -2.15. The number of carbonyl (C=O) groups excluding carboxylic acids is 1. The van der Waals surface area contributed by atoms with Crippen molar-refractivity contribution in [3.63, 3.8) is 0 Å². The van der Waals surface area contributed by atoms with Crippen molar-refractivity contribution >= 4 is 17.7 Å². The second-order valence-electron chi connectivity index (χ2n) is 4.67. The largest absolute Gasteiger partial charge is 0.478 e. The molecule has 1 aromatic carbocycles. The Morgan fingerprint density at radius 2 is 2.15 bits per heavy atom. The third-order valence-corrected chi connectivity index (χ3v) is 3.14. The highest BCUT2D eigenvalue weighted by Crippen LogP contribution is 2.18. The molecule has 0 radical (unpaired) electrons. The molecule has 7 heteroatoms. The number of benzene rings is 1. The number of anilines is 1. The molecule has 0 bridgehead atoms. The summed E-state index contributed by atoms with van der Waals surface area (Å²) in [5.74, 6) is -1.91. The van der Waals surface area contributed by atoms with E-state index in [2.05, 4.69) is 5.32 Å². The van der Waals surface area contributed by atoms with Crippen molar-refractivity contribution in [3.05, 3.63) is 29.6 Å². The molecule has 1 fully saturated rings. The summed E-state index contributed by atoms with van der Waals surface area (Å²) in [4.78, 5) is 24.1. The standard InChI is InChI=1S/C13H15FN2O4/c14-10-4-3-8(12(18)19)6-11(10)15-13(20)16-5-1-2-9(17)7-16/h3-4,6,9,17H,1-2,5,7H2,(H,15,20)(H,18,19). The molecular formula is C13H15FN2O4. The lowest BCUT2D eigenvalue weighted by molar-refractivity contribution is 0.0697. The number of carbonyl (C=O) groups is 2. The number of β-amino-alcohol motifs (C(OH)–C–C–N with tert-alkyl or cyclic N) is 1. The summed E-state index contributed by atoms with van der Waals surface area (Å²) < 4.78 is 13.6. The van der Waals surface area contributed by atoms with Crippen molar-refractivity contribution in [2.75, 3.05) is 18.4 Å². The average molecular weight is 282 g/mol. The van der Waals surface area contributed by atoms with Crippen LogP contribution in [0.2, 0.25) is 0 Å². The maximum atomic E-state index is 13.6. The third kappa shape index (κ3) is 3.24. The van der Waals surface area contributed by atoms with Crippen LogP contribution in [0.4, 0.5) is 14.9 Å². The van der Waals surface area contributed by atoms with Gasteiger partial charge in [0.2, 0.25) is 0 Å². The zero-order chi connectivity index (χ0) is 14.7. The fourth-order valence-electron chi connectivity index (χ4n) is 2.09. The third-order valence-electron chi connectivity index (χ3n) is 3.14. The minimum Gasteiger partial charge on any atom is -0.478 e. The number of carboxylic acid groups (broad SMARTS) is 1. The minimum atomic E-state index is -1.20. The molecule has 2 amide bonds. The van der Waals surface area contributed by atoms with Crippen molar-refractivity contribution in [2.24, 2.45) is 0 Å². The Balaban J connectivity index is 2.10. The Kier molecular flexibility index (Phi) is 4.19. The van der Waals surface area contributed by atoms with Gasteiger partial charge in [-0.3, -0.25) is 0 Å². The summed E-state index contributed by atoms with van der Waals surface area (Å²) in [5.41, 5.74) is -0.296. The Morgan fingerprint density at radius 1 is 1.40 bits per heavy atom. The predicted molar refractivity (Wildman–Crippen MR) is 69.2 cm³/mol. The maximum Gasteiger partial charge on any atom is 0.335 e. The van der Waals surface area contributed by atoms with Gasteiger partial charge in [-0.1, -0.05) is 0 Å². The maximum absolute atomic E-state index is 13.6. The van der Waals surface area contributed by atoms with E-state index in [1.165, 1.54) is 4.90 Å². The highest BCUT2D eigenvalue weighted by atomic mass is 19.1. The summed E-state index contributed by atoms with van der Waals surface area (Å²) in [7, 11) is 0. The molecule has 2 rings (SSSR count). The van der Waals surface area contributed by atoms with Crippen molar-refractivity contribution in [1.82, 2.24) is 4.90 Å². The number of hydrogen-bond acceptors (Lipinski definition) is 3. The monoisotopic (exact) mass is 282 g/mol. The normalized spacial score (nSPS) is 18.7.